The molecule has 3 heterocycles. The number of nitrogens with zero attached hydrogens (tertiary/aromatic N) is 5. The van der Waals surface area contributed by atoms with E-state index in [0.717, 1.165) is 16.9 Å². The number of aromatic nitrogens is 4. The van der Waals surface area contributed by atoms with Crippen LogP contribution in [0.4, 0.5) is 0 Å². The van der Waals surface area contributed by atoms with Crippen molar-refractivity contribution in [2.24, 2.45) is 14.1 Å². The maximum atomic E-state index is 14.0. The van der Waals surface area contributed by atoms with E-state index in [2.05, 4.69) is 20.8 Å². The molecule has 2 radical (unpaired) electrons. The van der Waals surface area contributed by atoms with E-state index in [1.165, 1.54) is 4.68 Å². The zero-order valence-corrected chi connectivity index (χ0v) is 26.8. The van der Waals surface area contributed by atoms with Crippen molar-refractivity contribution in [2.45, 2.75) is 31.4 Å². The molecular formula is C34H33BBrN5O4. The fraction of sp³-hybridized carbons (Fsp3) is 0.265. The van der Waals surface area contributed by atoms with E-state index in [9.17, 15) is 14.4 Å². The Kier molecular flexibility index (Phi) is 8.57. The van der Waals surface area contributed by atoms with E-state index in [1.54, 1.807) is 16.4 Å². The standard InChI is InChI=1S/C34H33BBrN5O4/c1-37-27(30(36)32(43)41(37)26-16-10-5-11-17-26)22-39-20-18-34(19-21-39,24-12-6-3-7-13-24)33(44)45-23-28-29(35)31(42)40(38(28)2)25-14-8-4-9-15-25/h3-17H,18-23H2,1-2H3. The molecule has 0 N–H and O–H groups in total. The number of carbonyl (C=O) groups is 1. The van der Waals surface area contributed by atoms with Gasteiger partial charge in [-0.25, -0.2) is 9.36 Å². The van der Waals surface area contributed by atoms with Gasteiger partial charge in [0, 0.05) is 20.6 Å². The Morgan fingerprint density at radius 2 is 1.27 bits per heavy atom. The van der Waals surface area contributed by atoms with Gasteiger partial charge in [0.1, 0.15) is 18.9 Å². The maximum Gasteiger partial charge on any atom is 0.317 e. The summed E-state index contributed by atoms with van der Waals surface area (Å²) < 4.78 is 13.2. The summed E-state index contributed by atoms with van der Waals surface area (Å²) in [6.07, 6.45) is 1.06. The Morgan fingerprint density at radius 1 is 0.778 bits per heavy atom. The van der Waals surface area contributed by atoms with Crippen LogP contribution in [0, 0.1) is 0 Å². The third kappa shape index (κ3) is 5.55. The summed E-state index contributed by atoms with van der Waals surface area (Å²) in [6, 6.07) is 28.5. The van der Waals surface area contributed by atoms with Crippen LogP contribution < -0.4 is 16.6 Å². The molecule has 11 heteroatoms. The Labute approximate surface area is 270 Å². The first-order chi connectivity index (χ1) is 21.7. The van der Waals surface area contributed by atoms with Crippen molar-refractivity contribution in [3.05, 3.63) is 133 Å². The first-order valence-electron chi connectivity index (χ1n) is 14.8. The lowest BCUT2D eigenvalue weighted by atomic mass is 9.72. The van der Waals surface area contributed by atoms with Gasteiger partial charge in [0.25, 0.3) is 11.1 Å². The predicted molar refractivity (Wildman–Crippen MR) is 178 cm³/mol. The average molecular weight is 666 g/mol. The molecule has 1 aliphatic rings. The van der Waals surface area contributed by atoms with Gasteiger partial charge in [-0.1, -0.05) is 66.7 Å². The Bertz CT molecular complexity index is 1940. The third-order valence-electron chi connectivity index (χ3n) is 8.89. The van der Waals surface area contributed by atoms with Crippen LogP contribution in [0.2, 0.25) is 0 Å². The van der Waals surface area contributed by atoms with Gasteiger partial charge in [-0.2, -0.15) is 0 Å². The monoisotopic (exact) mass is 665 g/mol. The molecule has 45 heavy (non-hydrogen) atoms. The highest BCUT2D eigenvalue weighted by Crippen LogP contribution is 2.38. The molecule has 3 aromatic carbocycles. The van der Waals surface area contributed by atoms with Crippen LogP contribution in [0.3, 0.4) is 0 Å². The molecular weight excluding hydrogens is 633 g/mol. The van der Waals surface area contributed by atoms with Crippen molar-refractivity contribution in [1.82, 2.24) is 23.6 Å². The fourth-order valence-electron chi connectivity index (χ4n) is 6.29. The number of ether oxygens (including phenoxy) is 1. The summed E-state index contributed by atoms with van der Waals surface area (Å²) in [4.78, 5) is 42.5. The molecule has 1 saturated heterocycles. The zero-order valence-electron chi connectivity index (χ0n) is 25.2. The second-order valence-electron chi connectivity index (χ2n) is 11.4. The number of halogens is 1. The smallest absolute Gasteiger partial charge is 0.317 e. The minimum Gasteiger partial charge on any atom is -0.459 e. The van der Waals surface area contributed by atoms with E-state index < -0.39 is 5.41 Å². The average Bonchev–Trinajstić information content (AvgIpc) is 3.42. The van der Waals surface area contributed by atoms with Crippen LogP contribution in [0.1, 0.15) is 29.8 Å². The molecule has 0 bridgehead atoms. The number of carbonyl (C=O) groups excluding carboxylic acids is 1. The molecule has 228 valence electrons. The first kappa shape index (κ1) is 30.7. The highest BCUT2D eigenvalue weighted by atomic mass is 79.9. The number of hydrogen-bond acceptors (Lipinski definition) is 5. The summed E-state index contributed by atoms with van der Waals surface area (Å²) in [5.74, 6) is -0.350. The molecule has 5 aromatic rings. The molecule has 9 nitrogen and oxygen atoms in total. The number of piperidine rings is 1. The lowest BCUT2D eigenvalue weighted by Crippen LogP contribution is -2.48. The highest BCUT2D eigenvalue weighted by molar-refractivity contribution is 9.10. The quantitative estimate of drug-likeness (QED) is 0.187. The molecule has 0 amide bonds. The lowest BCUT2D eigenvalue weighted by molar-refractivity contribution is -0.154. The molecule has 1 fully saturated rings. The number of benzene rings is 3. The molecule has 0 saturated carbocycles. The highest BCUT2D eigenvalue weighted by Gasteiger charge is 2.44. The van der Waals surface area contributed by atoms with E-state index >= 15 is 0 Å². The van der Waals surface area contributed by atoms with E-state index in [-0.39, 0.29) is 29.2 Å². The molecule has 1 aliphatic heterocycles. The predicted octanol–water partition coefficient (Wildman–Crippen LogP) is 3.50. The summed E-state index contributed by atoms with van der Waals surface area (Å²) in [7, 11) is 9.85. The lowest BCUT2D eigenvalue weighted by Gasteiger charge is -2.40. The van der Waals surface area contributed by atoms with E-state index in [0.29, 0.717) is 48.3 Å². The van der Waals surface area contributed by atoms with Crippen LogP contribution in [0.5, 0.6) is 0 Å². The van der Waals surface area contributed by atoms with E-state index in [1.807, 2.05) is 103 Å². The van der Waals surface area contributed by atoms with Crippen LogP contribution in [-0.2, 0) is 42.2 Å². The summed E-state index contributed by atoms with van der Waals surface area (Å²) in [5.41, 5.74) is 2.36. The second-order valence-corrected chi connectivity index (χ2v) is 12.2. The first-order valence-corrected chi connectivity index (χ1v) is 15.6. The van der Waals surface area contributed by atoms with Gasteiger partial charge in [0.05, 0.1) is 28.2 Å². The Balaban J connectivity index is 1.22. The van der Waals surface area contributed by atoms with Crippen molar-refractivity contribution in [2.75, 3.05) is 13.1 Å². The van der Waals surface area contributed by atoms with Crippen LogP contribution >= 0.6 is 15.9 Å². The third-order valence-corrected chi connectivity index (χ3v) is 9.69. The van der Waals surface area contributed by atoms with Crippen molar-refractivity contribution in [1.29, 1.82) is 0 Å². The van der Waals surface area contributed by atoms with Crippen LogP contribution in [0.15, 0.2) is 105 Å². The minimum atomic E-state index is -0.869. The number of likely N-dealkylation sites (tertiary alicyclic amines) is 1. The summed E-state index contributed by atoms with van der Waals surface area (Å²) in [6.45, 7) is 1.65. The van der Waals surface area contributed by atoms with Gasteiger partial charge in [-0.15, -0.1) is 0 Å². The van der Waals surface area contributed by atoms with Crippen molar-refractivity contribution >= 4 is 35.2 Å². The normalized spacial score (nSPS) is 14.8. The number of esters is 1. The van der Waals surface area contributed by atoms with Crippen molar-refractivity contribution < 1.29 is 9.53 Å². The van der Waals surface area contributed by atoms with E-state index in [4.69, 9.17) is 12.6 Å². The van der Waals surface area contributed by atoms with Crippen molar-refractivity contribution in [3.8, 4) is 11.4 Å². The van der Waals surface area contributed by atoms with Crippen LogP contribution in [-0.4, -0.2) is 50.5 Å². The fourth-order valence-corrected chi connectivity index (χ4v) is 6.84. The Morgan fingerprint density at radius 3 is 1.82 bits per heavy atom. The van der Waals surface area contributed by atoms with Crippen molar-refractivity contribution in [3.63, 3.8) is 0 Å². The molecule has 0 unspecified atom stereocenters. The number of hydrogen-bond donors (Lipinski definition) is 0. The van der Waals surface area contributed by atoms with Gasteiger partial charge in [0.2, 0.25) is 0 Å². The molecule has 0 spiro atoms. The molecule has 0 aliphatic carbocycles. The van der Waals surface area contributed by atoms with Gasteiger partial charge in [0.15, 0.2) is 0 Å². The van der Waals surface area contributed by atoms with Gasteiger partial charge in [-0.3, -0.25) is 28.6 Å². The van der Waals surface area contributed by atoms with Crippen LogP contribution in [0.25, 0.3) is 11.4 Å². The summed E-state index contributed by atoms with van der Waals surface area (Å²) in [5, 5.41) is 0. The number of para-hydroxylation sites is 2. The molecule has 0 atom stereocenters. The Hall–Kier alpha value is -4.35. The van der Waals surface area contributed by atoms with Gasteiger partial charge in [-0.05, 0) is 77.2 Å². The SMILES string of the molecule is [B]c1c(COC(=O)C2(c3ccccc3)CCN(Cc3c(Br)c(=O)n(-c4ccccc4)n3C)CC2)n(C)n(-c2ccccc2)c1=O. The van der Waals surface area contributed by atoms with Gasteiger partial charge >= 0.3 is 5.97 Å². The van der Waals surface area contributed by atoms with Gasteiger partial charge < -0.3 is 4.74 Å². The maximum absolute atomic E-state index is 14.0. The molecule has 6 rings (SSSR count). The topological polar surface area (TPSA) is 83.4 Å². The molecule has 2 aromatic heterocycles. The summed E-state index contributed by atoms with van der Waals surface area (Å²) >= 11 is 3.54. The largest absolute Gasteiger partial charge is 0.459 e. The number of rotatable bonds is 8. The second kappa shape index (κ2) is 12.6. The zero-order chi connectivity index (χ0) is 31.7. The minimum absolute atomic E-state index is 0.0522.